The zero-order chi connectivity index (χ0) is 15.7. The fourth-order valence-electron chi connectivity index (χ4n) is 2.24. The minimum absolute atomic E-state index is 0. The molecule has 6 nitrogen and oxygen atoms in total. The van der Waals surface area contributed by atoms with Gasteiger partial charge in [0.15, 0.2) is 5.79 Å². The average molecular weight is 332 g/mol. The van der Waals surface area contributed by atoms with Gasteiger partial charge in [-0.15, -0.1) is 0 Å². The van der Waals surface area contributed by atoms with E-state index in [9.17, 15) is 8.42 Å². The lowest BCUT2D eigenvalue weighted by atomic mass is 10.1. The molecule has 126 valence electrons. The SMILES string of the molecule is Cc1ccc(S(=O)(=O)OCCC2(C)COC(C)(C)O2)cc1.O. The van der Waals surface area contributed by atoms with Gasteiger partial charge in [-0.2, -0.15) is 8.42 Å². The summed E-state index contributed by atoms with van der Waals surface area (Å²) < 4.78 is 40.5. The highest BCUT2D eigenvalue weighted by Crippen LogP contribution is 2.33. The molecule has 0 amide bonds. The minimum atomic E-state index is -3.72. The van der Waals surface area contributed by atoms with Crippen LogP contribution in [0.5, 0.6) is 0 Å². The highest BCUT2D eigenvalue weighted by molar-refractivity contribution is 7.86. The van der Waals surface area contributed by atoms with E-state index in [1.54, 1.807) is 24.3 Å². The first-order chi connectivity index (χ1) is 9.62. The first-order valence-electron chi connectivity index (χ1n) is 6.92. The van der Waals surface area contributed by atoms with Crippen molar-refractivity contribution < 1.29 is 27.6 Å². The van der Waals surface area contributed by atoms with Crippen molar-refractivity contribution in [3.8, 4) is 0 Å². The predicted octanol–water partition coefficient (Wildman–Crippen LogP) is 1.81. The Kier molecular flexibility index (Phi) is 5.75. The Labute approximate surface area is 131 Å². The summed E-state index contributed by atoms with van der Waals surface area (Å²) >= 11 is 0. The van der Waals surface area contributed by atoms with E-state index in [0.717, 1.165) is 5.56 Å². The molecule has 1 saturated heterocycles. The van der Waals surface area contributed by atoms with Crippen LogP contribution in [0.3, 0.4) is 0 Å². The summed E-state index contributed by atoms with van der Waals surface area (Å²) in [5, 5.41) is 0. The molecule has 0 radical (unpaired) electrons. The third-order valence-electron chi connectivity index (χ3n) is 3.40. The van der Waals surface area contributed by atoms with Crippen LogP contribution in [0.2, 0.25) is 0 Å². The van der Waals surface area contributed by atoms with Gasteiger partial charge in [0.1, 0.15) is 0 Å². The monoisotopic (exact) mass is 332 g/mol. The average Bonchev–Trinajstić information content (AvgIpc) is 2.64. The van der Waals surface area contributed by atoms with E-state index in [-0.39, 0.29) is 17.0 Å². The zero-order valence-electron chi connectivity index (χ0n) is 13.4. The van der Waals surface area contributed by atoms with Crippen molar-refractivity contribution >= 4 is 10.1 Å². The smallest absolute Gasteiger partial charge is 0.296 e. The second kappa shape index (κ2) is 6.64. The van der Waals surface area contributed by atoms with Crippen molar-refractivity contribution in [2.24, 2.45) is 0 Å². The Hall–Kier alpha value is -0.990. The maximum Gasteiger partial charge on any atom is 0.296 e. The molecule has 1 fully saturated rings. The molecule has 22 heavy (non-hydrogen) atoms. The summed E-state index contributed by atoms with van der Waals surface area (Å²) in [7, 11) is -3.72. The van der Waals surface area contributed by atoms with E-state index in [1.807, 2.05) is 27.7 Å². The summed E-state index contributed by atoms with van der Waals surface area (Å²) in [6.45, 7) is 7.95. The number of aryl methyl sites for hydroxylation is 1. The third kappa shape index (κ3) is 4.76. The molecule has 0 saturated carbocycles. The van der Waals surface area contributed by atoms with Crippen LogP contribution in [0.15, 0.2) is 29.2 Å². The van der Waals surface area contributed by atoms with Crippen LogP contribution in [0, 0.1) is 6.92 Å². The van der Waals surface area contributed by atoms with Crippen LogP contribution in [-0.4, -0.2) is 38.5 Å². The van der Waals surface area contributed by atoms with Crippen LogP contribution >= 0.6 is 0 Å². The van der Waals surface area contributed by atoms with Gasteiger partial charge in [-0.3, -0.25) is 4.18 Å². The van der Waals surface area contributed by atoms with Crippen molar-refractivity contribution in [1.82, 2.24) is 0 Å². The second-order valence-corrected chi connectivity index (χ2v) is 7.69. The fraction of sp³-hybridized carbons (Fsp3) is 0.600. The molecular weight excluding hydrogens is 308 g/mol. The Bertz CT molecular complexity index is 593. The Morgan fingerprint density at radius 1 is 1.18 bits per heavy atom. The summed E-state index contributed by atoms with van der Waals surface area (Å²) in [5.74, 6) is -0.634. The molecule has 0 aliphatic carbocycles. The molecule has 1 atom stereocenters. The zero-order valence-corrected chi connectivity index (χ0v) is 14.2. The second-order valence-electron chi connectivity index (χ2n) is 6.08. The molecule has 1 aliphatic heterocycles. The number of ether oxygens (including phenoxy) is 2. The molecule has 1 heterocycles. The molecule has 0 bridgehead atoms. The lowest BCUT2D eigenvalue weighted by Crippen LogP contribution is -2.32. The molecule has 7 heteroatoms. The van der Waals surface area contributed by atoms with Gasteiger partial charge in [0.2, 0.25) is 0 Å². The number of rotatable bonds is 5. The number of benzene rings is 1. The van der Waals surface area contributed by atoms with E-state index in [1.165, 1.54) is 0 Å². The molecule has 2 rings (SSSR count). The van der Waals surface area contributed by atoms with Gasteiger partial charge < -0.3 is 14.9 Å². The quantitative estimate of drug-likeness (QED) is 0.767. The topological polar surface area (TPSA) is 93.3 Å². The first-order valence-corrected chi connectivity index (χ1v) is 8.33. The van der Waals surface area contributed by atoms with E-state index in [2.05, 4.69) is 0 Å². The van der Waals surface area contributed by atoms with Gasteiger partial charge in [0.05, 0.1) is 23.7 Å². The van der Waals surface area contributed by atoms with Gasteiger partial charge in [0, 0.05) is 6.42 Å². The summed E-state index contributed by atoms with van der Waals surface area (Å²) in [4.78, 5) is 0.169. The van der Waals surface area contributed by atoms with Crippen molar-refractivity contribution in [3.05, 3.63) is 29.8 Å². The Morgan fingerprint density at radius 3 is 2.27 bits per heavy atom. The standard InChI is InChI=1S/C15H22O5S.H2O/c1-12-5-7-13(8-6-12)21(16,17)19-10-9-15(4)11-18-14(2,3)20-15;/h5-8H,9-11H2,1-4H3;1H2. The Morgan fingerprint density at radius 2 is 1.77 bits per heavy atom. The molecule has 1 aliphatic rings. The highest BCUT2D eigenvalue weighted by Gasteiger charge is 2.41. The van der Waals surface area contributed by atoms with Gasteiger partial charge >= 0.3 is 0 Å². The Balaban J connectivity index is 0.00000242. The highest BCUT2D eigenvalue weighted by atomic mass is 32.2. The van der Waals surface area contributed by atoms with Gasteiger partial charge in [-0.1, -0.05) is 17.7 Å². The van der Waals surface area contributed by atoms with Gasteiger partial charge in [0.25, 0.3) is 10.1 Å². The molecule has 1 aromatic rings. The lowest BCUT2D eigenvalue weighted by molar-refractivity contribution is -0.159. The minimum Gasteiger partial charge on any atom is -0.412 e. The maximum absolute atomic E-state index is 12.1. The van der Waals surface area contributed by atoms with E-state index < -0.39 is 21.5 Å². The van der Waals surface area contributed by atoms with Crippen LogP contribution < -0.4 is 0 Å². The molecule has 0 aromatic heterocycles. The van der Waals surface area contributed by atoms with Crippen LogP contribution in [0.25, 0.3) is 0 Å². The van der Waals surface area contributed by atoms with Crippen LogP contribution in [0.1, 0.15) is 32.8 Å². The number of hydrogen-bond donors (Lipinski definition) is 0. The maximum atomic E-state index is 12.1. The summed E-state index contributed by atoms with van der Waals surface area (Å²) in [6.07, 6.45) is 0.446. The normalized spacial score (nSPS) is 24.0. The lowest BCUT2D eigenvalue weighted by Gasteiger charge is -2.24. The summed E-state index contributed by atoms with van der Waals surface area (Å²) in [6, 6.07) is 6.58. The molecular formula is C15H24O6S. The van der Waals surface area contributed by atoms with Crippen LogP contribution in [-0.2, 0) is 23.8 Å². The van der Waals surface area contributed by atoms with E-state index >= 15 is 0 Å². The molecule has 0 spiro atoms. The van der Waals surface area contributed by atoms with Crippen molar-refractivity contribution in [2.45, 2.75) is 50.4 Å². The van der Waals surface area contributed by atoms with Gasteiger partial charge in [-0.25, -0.2) is 0 Å². The molecule has 2 N–H and O–H groups in total. The summed E-state index contributed by atoms with van der Waals surface area (Å²) in [5.41, 5.74) is 0.479. The first kappa shape index (κ1) is 19.1. The number of hydrogen-bond acceptors (Lipinski definition) is 5. The van der Waals surface area contributed by atoms with E-state index in [0.29, 0.717) is 13.0 Å². The largest absolute Gasteiger partial charge is 0.412 e. The third-order valence-corrected chi connectivity index (χ3v) is 4.72. The van der Waals surface area contributed by atoms with Gasteiger partial charge in [-0.05, 0) is 39.8 Å². The van der Waals surface area contributed by atoms with Crippen molar-refractivity contribution in [3.63, 3.8) is 0 Å². The van der Waals surface area contributed by atoms with E-state index in [4.69, 9.17) is 13.7 Å². The fourth-order valence-corrected chi connectivity index (χ4v) is 3.15. The van der Waals surface area contributed by atoms with Crippen LogP contribution in [0.4, 0.5) is 0 Å². The molecule has 1 unspecified atom stereocenters. The predicted molar refractivity (Wildman–Crippen MR) is 82.1 cm³/mol. The van der Waals surface area contributed by atoms with Crippen molar-refractivity contribution in [1.29, 1.82) is 0 Å². The van der Waals surface area contributed by atoms with Crippen molar-refractivity contribution in [2.75, 3.05) is 13.2 Å². The molecule has 1 aromatic carbocycles.